The predicted molar refractivity (Wildman–Crippen MR) is 48.7 cm³/mol. The molecule has 0 N–H and O–H groups in total. The molecule has 2 rings (SSSR count). The maximum atomic E-state index is 10.6. The zero-order valence-electron chi connectivity index (χ0n) is 6.85. The number of carbonyl (C=O) groups is 1. The molecule has 0 fully saturated rings. The predicted octanol–water partition coefficient (Wildman–Crippen LogP) is 1.62. The second-order valence-corrected chi connectivity index (χ2v) is 3.04. The molecular formula is C8H6N2O2S. The van der Waals surface area contributed by atoms with Crippen molar-refractivity contribution in [3.05, 3.63) is 18.2 Å². The highest BCUT2D eigenvalue weighted by Crippen LogP contribution is 2.18. The van der Waals surface area contributed by atoms with Gasteiger partial charge in [0.15, 0.2) is 0 Å². The minimum Gasteiger partial charge on any atom is -0.427 e. The molecule has 0 saturated carbocycles. The van der Waals surface area contributed by atoms with Crippen molar-refractivity contribution in [1.29, 1.82) is 0 Å². The Labute approximate surface area is 78.5 Å². The number of fused-ring (bicyclic) bond motifs is 1. The molecule has 0 bridgehead atoms. The molecule has 0 aliphatic rings. The Morgan fingerprint density at radius 1 is 1.38 bits per heavy atom. The smallest absolute Gasteiger partial charge is 0.308 e. The summed E-state index contributed by atoms with van der Waals surface area (Å²) in [7, 11) is 0. The second-order valence-electron chi connectivity index (χ2n) is 2.51. The lowest BCUT2D eigenvalue weighted by Gasteiger charge is -1.98. The number of hydrogen-bond acceptors (Lipinski definition) is 5. The van der Waals surface area contributed by atoms with Gasteiger partial charge >= 0.3 is 5.97 Å². The van der Waals surface area contributed by atoms with E-state index in [0.717, 1.165) is 22.8 Å². The first-order valence-corrected chi connectivity index (χ1v) is 4.39. The quantitative estimate of drug-likeness (QED) is 0.511. The van der Waals surface area contributed by atoms with E-state index in [1.807, 2.05) is 0 Å². The van der Waals surface area contributed by atoms with Crippen LogP contribution in [0.15, 0.2) is 18.2 Å². The van der Waals surface area contributed by atoms with Crippen LogP contribution in [0.5, 0.6) is 5.75 Å². The highest BCUT2D eigenvalue weighted by Gasteiger charge is 2.02. The van der Waals surface area contributed by atoms with Crippen LogP contribution < -0.4 is 4.74 Å². The molecule has 0 saturated heterocycles. The van der Waals surface area contributed by atoms with Gasteiger partial charge in [-0.15, -0.1) is 0 Å². The molecule has 5 heteroatoms. The van der Waals surface area contributed by atoms with E-state index in [4.69, 9.17) is 4.74 Å². The monoisotopic (exact) mass is 194 g/mol. The van der Waals surface area contributed by atoms with Crippen molar-refractivity contribution >= 4 is 28.7 Å². The molecule has 1 aromatic carbocycles. The Hall–Kier alpha value is -1.49. The molecule has 0 radical (unpaired) electrons. The van der Waals surface area contributed by atoms with E-state index in [-0.39, 0.29) is 5.97 Å². The van der Waals surface area contributed by atoms with Crippen molar-refractivity contribution < 1.29 is 9.53 Å². The summed E-state index contributed by atoms with van der Waals surface area (Å²) in [6.45, 7) is 1.36. The van der Waals surface area contributed by atoms with Crippen molar-refractivity contribution in [2.45, 2.75) is 6.92 Å². The second kappa shape index (κ2) is 3.10. The van der Waals surface area contributed by atoms with E-state index < -0.39 is 0 Å². The Balaban J connectivity index is 2.42. The van der Waals surface area contributed by atoms with Crippen LogP contribution in [0.25, 0.3) is 11.0 Å². The Kier molecular flexibility index (Phi) is 1.94. The van der Waals surface area contributed by atoms with Gasteiger partial charge in [0.2, 0.25) is 0 Å². The summed E-state index contributed by atoms with van der Waals surface area (Å²) in [6.07, 6.45) is 0. The third-order valence-corrected chi connectivity index (χ3v) is 2.04. The van der Waals surface area contributed by atoms with Crippen LogP contribution in [0.3, 0.4) is 0 Å². The average molecular weight is 194 g/mol. The molecule has 13 heavy (non-hydrogen) atoms. The van der Waals surface area contributed by atoms with Gasteiger partial charge in [-0.1, -0.05) is 0 Å². The van der Waals surface area contributed by atoms with E-state index in [1.54, 1.807) is 18.2 Å². The Bertz CT molecular complexity index is 452. The van der Waals surface area contributed by atoms with Crippen molar-refractivity contribution in [1.82, 2.24) is 8.75 Å². The number of rotatable bonds is 1. The van der Waals surface area contributed by atoms with Gasteiger partial charge in [0.1, 0.15) is 16.8 Å². The van der Waals surface area contributed by atoms with Crippen molar-refractivity contribution in [2.75, 3.05) is 0 Å². The molecule has 0 unspecified atom stereocenters. The summed E-state index contributed by atoms with van der Waals surface area (Å²) < 4.78 is 12.9. The van der Waals surface area contributed by atoms with Crippen LogP contribution in [0.2, 0.25) is 0 Å². The zero-order valence-corrected chi connectivity index (χ0v) is 7.67. The standard InChI is InChI=1S/C8H6N2O2S/c1-5(11)12-6-2-3-7-8(4-6)10-13-9-7/h2-4H,1H3. The van der Waals surface area contributed by atoms with Crippen LogP contribution >= 0.6 is 11.7 Å². The first-order chi connectivity index (χ1) is 6.25. The fourth-order valence-electron chi connectivity index (χ4n) is 0.991. The molecule has 0 aliphatic heterocycles. The fourth-order valence-corrected chi connectivity index (χ4v) is 1.51. The molecule has 1 heterocycles. The Morgan fingerprint density at radius 3 is 2.92 bits per heavy atom. The summed E-state index contributed by atoms with van der Waals surface area (Å²) >= 11 is 1.14. The minimum atomic E-state index is -0.331. The van der Waals surface area contributed by atoms with E-state index >= 15 is 0 Å². The number of nitrogens with zero attached hydrogens (tertiary/aromatic N) is 2. The Morgan fingerprint density at radius 2 is 2.15 bits per heavy atom. The molecule has 1 aromatic heterocycles. The normalized spacial score (nSPS) is 10.2. The van der Waals surface area contributed by atoms with Crippen LogP contribution in [0.4, 0.5) is 0 Å². The largest absolute Gasteiger partial charge is 0.427 e. The summed E-state index contributed by atoms with van der Waals surface area (Å²) in [5.41, 5.74) is 1.57. The fraction of sp³-hybridized carbons (Fsp3) is 0.125. The molecule has 0 aliphatic carbocycles. The third kappa shape index (κ3) is 1.65. The number of aromatic nitrogens is 2. The van der Waals surface area contributed by atoms with Gasteiger partial charge in [0.25, 0.3) is 0 Å². The minimum absolute atomic E-state index is 0.331. The summed E-state index contributed by atoms with van der Waals surface area (Å²) in [6, 6.07) is 5.17. The van der Waals surface area contributed by atoms with Gasteiger partial charge in [-0.05, 0) is 12.1 Å². The van der Waals surface area contributed by atoms with Gasteiger partial charge in [0, 0.05) is 13.0 Å². The van der Waals surface area contributed by atoms with Gasteiger partial charge in [-0.3, -0.25) is 4.79 Å². The lowest BCUT2D eigenvalue weighted by molar-refractivity contribution is -0.131. The maximum Gasteiger partial charge on any atom is 0.308 e. The number of hydrogen-bond donors (Lipinski definition) is 0. The van der Waals surface area contributed by atoms with Gasteiger partial charge < -0.3 is 4.74 Å². The molecular weight excluding hydrogens is 188 g/mol. The number of carbonyl (C=O) groups excluding carboxylic acids is 1. The van der Waals surface area contributed by atoms with Gasteiger partial charge in [0.05, 0.1) is 11.7 Å². The molecule has 66 valence electrons. The summed E-state index contributed by atoms with van der Waals surface area (Å²) in [4.78, 5) is 10.6. The lowest BCUT2D eigenvalue weighted by atomic mass is 10.3. The summed E-state index contributed by atoms with van der Waals surface area (Å²) in [5, 5.41) is 0. The van der Waals surface area contributed by atoms with Gasteiger partial charge in [-0.2, -0.15) is 8.75 Å². The molecule has 2 aromatic rings. The van der Waals surface area contributed by atoms with Crippen LogP contribution in [-0.2, 0) is 4.79 Å². The number of ether oxygens (including phenoxy) is 1. The van der Waals surface area contributed by atoms with Crippen LogP contribution in [0, 0.1) is 0 Å². The molecule has 0 spiro atoms. The number of esters is 1. The van der Waals surface area contributed by atoms with Crippen molar-refractivity contribution in [3.63, 3.8) is 0 Å². The zero-order chi connectivity index (χ0) is 9.26. The molecule has 4 nitrogen and oxygen atoms in total. The average Bonchev–Trinajstić information content (AvgIpc) is 2.49. The topological polar surface area (TPSA) is 52.1 Å². The van der Waals surface area contributed by atoms with Crippen LogP contribution in [-0.4, -0.2) is 14.7 Å². The maximum absolute atomic E-state index is 10.6. The van der Waals surface area contributed by atoms with E-state index in [0.29, 0.717) is 5.75 Å². The van der Waals surface area contributed by atoms with E-state index in [9.17, 15) is 4.79 Å². The van der Waals surface area contributed by atoms with Crippen molar-refractivity contribution in [2.24, 2.45) is 0 Å². The lowest BCUT2D eigenvalue weighted by Crippen LogP contribution is -2.00. The SMILES string of the molecule is CC(=O)Oc1ccc2nsnc2c1. The first-order valence-electron chi connectivity index (χ1n) is 3.66. The molecule has 0 atom stereocenters. The van der Waals surface area contributed by atoms with Crippen molar-refractivity contribution in [3.8, 4) is 5.75 Å². The van der Waals surface area contributed by atoms with E-state index in [2.05, 4.69) is 8.75 Å². The highest BCUT2D eigenvalue weighted by atomic mass is 32.1. The van der Waals surface area contributed by atoms with Gasteiger partial charge in [-0.25, -0.2) is 0 Å². The van der Waals surface area contributed by atoms with Crippen LogP contribution in [0.1, 0.15) is 6.92 Å². The molecule has 0 amide bonds. The number of benzene rings is 1. The first kappa shape index (κ1) is 8.12. The summed E-state index contributed by atoms with van der Waals surface area (Å²) in [5.74, 6) is 0.176. The third-order valence-electron chi connectivity index (χ3n) is 1.49. The highest BCUT2D eigenvalue weighted by molar-refractivity contribution is 7.00. The van der Waals surface area contributed by atoms with E-state index in [1.165, 1.54) is 6.92 Å².